The van der Waals surface area contributed by atoms with Gasteiger partial charge in [-0.15, -0.1) is 0 Å². The lowest BCUT2D eigenvalue weighted by atomic mass is 10.1. The van der Waals surface area contributed by atoms with Crippen LogP contribution in [-0.2, 0) is 57.8 Å². The number of esters is 1. The van der Waals surface area contributed by atoms with Crippen LogP contribution in [0.2, 0.25) is 0 Å². The number of alkyl carbamates (subject to hydrolysis) is 2. The number of imidazole rings is 1. The largest absolute Gasteiger partial charge is 0.472 e. The fourth-order valence-electron chi connectivity index (χ4n) is 6.96. The van der Waals surface area contributed by atoms with E-state index in [-0.39, 0.29) is 55.2 Å². The summed E-state index contributed by atoms with van der Waals surface area (Å²) in [5.74, 6) is -1.23. The maximum atomic E-state index is 14.0. The van der Waals surface area contributed by atoms with Gasteiger partial charge in [-0.3, -0.25) is 22.7 Å². The quantitative estimate of drug-likeness (QED) is 0.0268. The number of ether oxygens (including phenoxy) is 5. The Labute approximate surface area is 386 Å². The van der Waals surface area contributed by atoms with Crippen LogP contribution in [0.1, 0.15) is 64.5 Å². The molecule has 2 unspecified atom stereocenters. The molecule has 68 heavy (non-hydrogen) atoms. The number of aliphatic hydroxyl groups excluding tert-OH is 1. The SMILES string of the molecule is CC(C)(C)OC(=O)NC(CCCCNC(=O)OCc1ccccc1)C(=O)O[C@H]1[C@@H](O)[C@H](n2cnc3c(N)ncnc32)O[C@@H]1COP(=O)(O)O[C@H]1C[C@H](n2ccc(N)nc2=O)O[C@@H]1COP(=O)(O)O. The summed E-state index contributed by atoms with van der Waals surface area (Å²) in [5.41, 5.74) is 10.7. The first-order valence-corrected chi connectivity index (χ1v) is 23.9. The normalized spacial score (nSPS) is 23.1. The molecule has 1 aromatic carbocycles. The highest BCUT2D eigenvalue weighted by Crippen LogP contribution is 2.50. The minimum absolute atomic E-state index is 0.0158. The molecule has 2 aliphatic rings. The van der Waals surface area contributed by atoms with E-state index in [1.807, 2.05) is 6.07 Å². The van der Waals surface area contributed by atoms with Crippen molar-refractivity contribution in [3.05, 3.63) is 71.3 Å². The molecule has 2 aliphatic heterocycles. The number of phosphoric acid groups is 2. The molecule has 4 aromatic rings. The van der Waals surface area contributed by atoms with Crippen molar-refractivity contribution in [2.24, 2.45) is 0 Å². The predicted molar refractivity (Wildman–Crippen MR) is 231 cm³/mol. The van der Waals surface area contributed by atoms with Gasteiger partial charge in [0.2, 0.25) is 0 Å². The molecule has 0 spiro atoms. The Bertz CT molecular complexity index is 2540. The zero-order valence-corrected chi connectivity index (χ0v) is 38.5. The molecule has 0 aliphatic carbocycles. The topological polar surface area (TPSA) is 395 Å². The van der Waals surface area contributed by atoms with Crippen LogP contribution in [0.3, 0.4) is 0 Å². The highest BCUT2D eigenvalue weighted by atomic mass is 31.2. The van der Waals surface area contributed by atoms with Crippen molar-refractivity contribution in [3.63, 3.8) is 0 Å². The van der Waals surface area contributed by atoms with Crippen LogP contribution in [0.25, 0.3) is 11.2 Å². The number of nitrogens with zero attached hydrogens (tertiary/aromatic N) is 6. The second-order valence-corrected chi connectivity index (χ2v) is 19.0. The molecule has 372 valence electrons. The van der Waals surface area contributed by atoms with E-state index in [0.717, 1.165) is 16.5 Å². The smallest absolute Gasteiger partial charge is 0.455 e. The van der Waals surface area contributed by atoms with Crippen LogP contribution in [0.5, 0.6) is 0 Å². The number of unbranched alkanes of at least 4 members (excludes halogenated alkanes) is 1. The summed E-state index contributed by atoms with van der Waals surface area (Å²) in [6, 6.07) is 8.88. The number of nitrogen functional groups attached to an aromatic ring is 2. The monoisotopic (exact) mass is 998 g/mol. The van der Waals surface area contributed by atoms with E-state index in [1.54, 1.807) is 45.0 Å². The van der Waals surface area contributed by atoms with E-state index in [9.17, 15) is 48.1 Å². The minimum atomic E-state index is -5.27. The summed E-state index contributed by atoms with van der Waals surface area (Å²) in [4.78, 5) is 97.4. The average molecular weight is 999 g/mol. The highest BCUT2D eigenvalue weighted by Gasteiger charge is 2.50. The number of anilines is 2. The molecule has 30 heteroatoms. The van der Waals surface area contributed by atoms with E-state index < -0.39 is 107 Å². The molecule has 9 atom stereocenters. The summed E-state index contributed by atoms with van der Waals surface area (Å²) in [6.45, 7) is 3.20. The number of rotatable bonds is 20. The number of fused-ring (bicyclic) bond motifs is 1. The number of nitrogens with two attached hydrogens (primary N) is 2. The molecule has 10 N–H and O–H groups in total. The second kappa shape index (κ2) is 22.2. The Balaban J connectivity index is 1.17. The Hall–Kier alpha value is -5.64. The van der Waals surface area contributed by atoms with Crippen LogP contribution in [-0.4, -0.2) is 129 Å². The number of benzene rings is 1. The van der Waals surface area contributed by atoms with Gasteiger partial charge in [-0.05, 0) is 51.7 Å². The third kappa shape index (κ3) is 14.4. The molecule has 0 radical (unpaired) electrons. The molecule has 0 saturated carbocycles. The van der Waals surface area contributed by atoms with E-state index in [2.05, 4.69) is 35.1 Å². The van der Waals surface area contributed by atoms with Gasteiger partial charge in [-0.1, -0.05) is 30.3 Å². The first-order valence-electron chi connectivity index (χ1n) is 20.8. The van der Waals surface area contributed by atoms with E-state index in [0.29, 0.717) is 6.42 Å². The standard InChI is InChI=1S/C38H52N10O18P2/c1-38(2,3)65-37(53)45-22(11-7-8-13-41-36(52)59-16-21-9-5-4-6-10-21)34(50)64-30-25(63-33(29(30)49)48-20-44-28-31(40)42-19-43-32(28)48)18-61-68(57,58)66-23-15-27(47-14-12-26(39)46-35(47)51)62-24(23)17-60-67(54,55)56/h4-6,9-10,12,14,19-20,22-25,27,29-30,33,49H,7-8,11,13,15-18H2,1-3H3,(H,41,52)(H,45,53)(H,57,58)(H2,39,46,51)(H2,40,42,43)(H2,54,55,56)/t22?,23-,24+,25+,27+,29+,30+,33+/m0/s1. The number of phosphoric ester groups is 2. The number of amides is 2. The van der Waals surface area contributed by atoms with E-state index in [4.69, 9.17) is 44.2 Å². The van der Waals surface area contributed by atoms with Crippen LogP contribution in [0, 0.1) is 0 Å². The van der Waals surface area contributed by atoms with Gasteiger partial charge in [0.15, 0.2) is 23.8 Å². The Kier molecular flexibility index (Phi) is 16.9. The molecule has 3 aromatic heterocycles. The highest BCUT2D eigenvalue weighted by molar-refractivity contribution is 7.47. The third-order valence-corrected chi connectivity index (χ3v) is 11.5. The number of aromatic nitrogens is 6. The molecule has 0 bridgehead atoms. The minimum Gasteiger partial charge on any atom is -0.455 e. The van der Waals surface area contributed by atoms with Crippen LogP contribution in [0.4, 0.5) is 21.2 Å². The maximum Gasteiger partial charge on any atom is 0.472 e. The predicted octanol–water partition coefficient (Wildman–Crippen LogP) is 1.31. The van der Waals surface area contributed by atoms with E-state index in [1.165, 1.54) is 23.2 Å². The Morgan fingerprint density at radius 3 is 2.40 bits per heavy atom. The molecular weight excluding hydrogens is 946 g/mol. The fraction of sp³-hybridized carbons (Fsp3) is 0.526. The number of hydrogen-bond acceptors (Lipinski definition) is 21. The second-order valence-electron chi connectivity index (χ2n) is 16.3. The summed E-state index contributed by atoms with van der Waals surface area (Å²) in [7, 11) is -10.4. The van der Waals surface area contributed by atoms with Gasteiger partial charge in [0.1, 0.15) is 66.6 Å². The lowest BCUT2D eigenvalue weighted by Gasteiger charge is -2.26. The zero-order valence-electron chi connectivity index (χ0n) is 36.7. The van der Waals surface area contributed by atoms with Gasteiger partial charge >= 0.3 is 39.5 Å². The lowest BCUT2D eigenvalue weighted by Crippen LogP contribution is -2.47. The van der Waals surface area contributed by atoms with Crippen molar-refractivity contribution in [3.8, 4) is 0 Å². The summed E-state index contributed by atoms with van der Waals surface area (Å²) in [6.07, 6.45) is -8.74. The van der Waals surface area contributed by atoms with Crippen LogP contribution in [0.15, 0.2) is 60.0 Å². The molecule has 2 fully saturated rings. The summed E-state index contributed by atoms with van der Waals surface area (Å²) < 4.78 is 70.9. The summed E-state index contributed by atoms with van der Waals surface area (Å²) >= 11 is 0. The third-order valence-electron chi connectivity index (χ3n) is 10.0. The average Bonchev–Trinajstić information content (AvgIpc) is 3.95. The van der Waals surface area contributed by atoms with Gasteiger partial charge in [-0.2, -0.15) is 4.98 Å². The number of nitrogens with one attached hydrogen (secondary N) is 2. The molecule has 28 nitrogen and oxygen atoms in total. The maximum absolute atomic E-state index is 14.0. The van der Waals surface area contributed by atoms with Crippen molar-refractivity contribution in [2.75, 3.05) is 31.2 Å². The van der Waals surface area contributed by atoms with Crippen molar-refractivity contribution < 1.29 is 80.6 Å². The van der Waals surface area contributed by atoms with Crippen molar-refractivity contribution in [1.29, 1.82) is 0 Å². The van der Waals surface area contributed by atoms with Gasteiger partial charge in [0, 0.05) is 19.2 Å². The van der Waals surface area contributed by atoms with Gasteiger partial charge < -0.3 is 65.6 Å². The molecular formula is C38H52N10O18P2. The van der Waals surface area contributed by atoms with Crippen LogP contribution >= 0.6 is 15.6 Å². The zero-order chi connectivity index (χ0) is 49.4. The number of carbonyl (C=O) groups excluding carboxylic acids is 3. The van der Waals surface area contributed by atoms with Gasteiger partial charge in [0.05, 0.1) is 19.5 Å². The molecule has 2 saturated heterocycles. The lowest BCUT2D eigenvalue weighted by molar-refractivity contribution is -0.159. The first-order chi connectivity index (χ1) is 32.1. The Morgan fingerprint density at radius 1 is 0.956 bits per heavy atom. The van der Waals surface area contributed by atoms with Gasteiger partial charge in [0.25, 0.3) is 0 Å². The van der Waals surface area contributed by atoms with Crippen LogP contribution < -0.4 is 27.8 Å². The van der Waals surface area contributed by atoms with Gasteiger partial charge in [-0.25, -0.2) is 43.3 Å². The van der Waals surface area contributed by atoms with E-state index >= 15 is 0 Å². The molecule has 2 amide bonds. The summed E-state index contributed by atoms with van der Waals surface area (Å²) in [5, 5.41) is 16.8. The van der Waals surface area contributed by atoms with Crippen molar-refractivity contribution in [1.82, 2.24) is 39.7 Å². The van der Waals surface area contributed by atoms with Crippen molar-refractivity contribution >= 4 is 56.6 Å². The first kappa shape index (κ1) is 51.7. The molecule has 5 heterocycles. The Morgan fingerprint density at radius 2 is 1.69 bits per heavy atom. The fourth-order valence-corrected chi connectivity index (χ4v) is 8.26. The number of aliphatic hydroxyl groups is 1. The molecule has 6 rings (SSSR count). The van der Waals surface area contributed by atoms with Crippen molar-refractivity contribution in [2.45, 2.75) is 108 Å². The number of hydrogen-bond donors (Lipinski definition) is 8. The number of carbonyl (C=O) groups is 3.